The molecule has 0 spiro atoms. The maximum atomic E-state index is 12.9. The summed E-state index contributed by atoms with van der Waals surface area (Å²) in [6.45, 7) is 5.80. The summed E-state index contributed by atoms with van der Waals surface area (Å²) in [5.41, 5.74) is 3.13. The molecule has 1 atom stereocenters. The van der Waals surface area contributed by atoms with Crippen LogP contribution >= 0.6 is 11.6 Å². The lowest BCUT2D eigenvalue weighted by Crippen LogP contribution is -2.37. The van der Waals surface area contributed by atoms with Gasteiger partial charge in [0.1, 0.15) is 0 Å². The van der Waals surface area contributed by atoms with Gasteiger partial charge in [-0.3, -0.25) is 4.79 Å². The first-order valence-corrected chi connectivity index (χ1v) is 10.2. The molecule has 5 nitrogen and oxygen atoms in total. The number of carbonyl (C=O) groups excluding carboxylic acids is 1. The molecule has 26 heavy (non-hydrogen) atoms. The SMILES string of the molecule is Cc1cc(C)c(S(=O)(=O)NC2CC(=O)N(c3ccc(Cl)cc3)C2)c(C)c1. The van der Waals surface area contributed by atoms with Gasteiger partial charge in [0, 0.05) is 29.7 Å². The van der Waals surface area contributed by atoms with Crippen LogP contribution in [0.4, 0.5) is 5.69 Å². The van der Waals surface area contributed by atoms with E-state index in [2.05, 4.69) is 4.72 Å². The number of hydrogen-bond donors (Lipinski definition) is 1. The zero-order chi connectivity index (χ0) is 19.1. The fourth-order valence-electron chi connectivity index (χ4n) is 3.53. The Bertz CT molecular complexity index is 932. The fourth-order valence-corrected chi connectivity index (χ4v) is 5.33. The van der Waals surface area contributed by atoms with Gasteiger partial charge < -0.3 is 4.90 Å². The number of benzene rings is 2. The van der Waals surface area contributed by atoms with Crippen molar-refractivity contribution < 1.29 is 13.2 Å². The maximum absolute atomic E-state index is 12.9. The highest BCUT2D eigenvalue weighted by molar-refractivity contribution is 7.89. The Labute approximate surface area is 159 Å². The number of amides is 1. The van der Waals surface area contributed by atoms with Crippen LogP contribution in [0.25, 0.3) is 0 Å². The van der Waals surface area contributed by atoms with E-state index in [-0.39, 0.29) is 12.3 Å². The highest BCUT2D eigenvalue weighted by Crippen LogP contribution is 2.26. The van der Waals surface area contributed by atoms with Crippen LogP contribution in [0.1, 0.15) is 23.1 Å². The van der Waals surface area contributed by atoms with E-state index in [0.29, 0.717) is 33.3 Å². The Balaban J connectivity index is 1.81. The summed E-state index contributed by atoms with van der Waals surface area (Å²) in [7, 11) is -3.71. The Morgan fingerprint density at radius 1 is 1.08 bits per heavy atom. The molecule has 0 aromatic heterocycles. The molecule has 1 unspecified atom stereocenters. The molecule has 1 aliphatic rings. The van der Waals surface area contributed by atoms with Crippen molar-refractivity contribution in [3.63, 3.8) is 0 Å². The molecule has 0 bridgehead atoms. The van der Waals surface area contributed by atoms with Gasteiger partial charge in [0.15, 0.2) is 0 Å². The van der Waals surface area contributed by atoms with E-state index in [9.17, 15) is 13.2 Å². The molecule has 7 heteroatoms. The minimum atomic E-state index is -3.71. The third-order valence-corrected chi connectivity index (χ3v) is 6.54. The van der Waals surface area contributed by atoms with Gasteiger partial charge >= 0.3 is 0 Å². The van der Waals surface area contributed by atoms with Crippen LogP contribution in [-0.2, 0) is 14.8 Å². The van der Waals surface area contributed by atoms with Gasteiger partial charge in [0.2, 0.25) is 15.9 Å². The van der Waals surface area contributed by atoms with Crippen LogP contribution in [0.15, 0.2) is 41.3 Å². The summed E-state index contributed by atoms with van der Waals surface area (Å²) in [4.78, 5) is 14.2. The van der Waals surface area contributed by atoms with E-state index in [4.69, 9.17) is 11.6 Å². The maximum Gasteiger partial charge on any atom is 0.241 e. The van der Waals surface area contributed by atoms with Gasteiger partial charge in [-0.15, -0.1) is 0 Å². The lowest BCUT2D eigenvalue weighted by molar-refractivity contribution is -0.117. The third-order valence-electron chi connectivity index (χ3n) is 4.46. The van der Waals surface area contributed by atoms with Crippen molar-refractivity contribution >= 4 is 33.2 Å². The first-order chi connectivity index (χ1) is 12.2. The second kappa shape index (κ2) is 7.02. The summed E-state index contributed by atoms with van der Waals surface area (Å²) in [6.07, 6.45) is 0.131. The van der Waals surface area contributed by atoms with Crippen molar-refractivity contribution in [3.8, 4) is 0 Å². The predicted molar refractivity (Wildman–Crippen MR) is 103 cm³/mol. The fraction of sp³-hybridized carbons (Fsp3) is 0.316. The number of nitrogens with zero attached hydrogens (tertiary/aromatic N) is 1. The average molecular weight is 393 g/mol. The lowest BCUT2D eigenvalue weighted by Gasteiger charge is -2.18. The molecule has 2 aromatic rings. The number of halogens is 1. The monoisotopic (exact) mass is 392 g/mol. The number of rotatable bonds is 4. The topological polar surface area (TPSA) is 66.5 Å². The standard InChI is InChI=1S/C19H21ClN2O3S/c1-12-8-13(2)19(14(3)9-12)26(24,25)21-16-10-18(23)22(11-16)17-6-4-15(20)5-7-17/h4-9,16,21H,10-11H2,1-3H3. The van der Waals surface area contributed by atoms with Gasteiger partial charge in [0.25, 0.3) is 0 Å². The number of anilines is 1. The van der Waals surface area contributed by atoms with E-state index >= 15 is 0 Å². The molecule has 1 heterocycles. The lowest BCUT2D eigenvalue weighted by atomic mass is 10.1. The minimum Gasteiger partial charge on any atom is -0.311 e. The highest BCUT2D eigenvalue weighted by atomic mass is 35.5. The Hall–Kier alpha value is -1.89. The number of hydrogen-bond acceptors (Lipinski definition) is 3. The minimum absolute atomic E-state index is 0.114. The van der Waals surface area contributed by atoms with Crippen molar-refractivity contribution in [2.75, 3.05) is 11.4 Å². The number of carbonyl (C=O) groups is 1. The van der Waals surface area contributed by atoms with Crippen molar-refractivity contribution in [2.45, 2.75) is 38.1 Å². The number of nitrogens with one attached hydrogen (secondary N) is 1. The summed E-state index contributed by atoms with van der Waals surface area (Å²) in [5.74, 6) is -0.114. The highest BCUT2D eigenvalue weighted by Gasteiger charge is 2.34. The second-order valence-electron chi connectivity index (χ2n) is 6.73. The molecule has 0 aliphatic carbocycles. The zero-order valence-corrected chi connectivity index (χ0v) is 16.5. The van der Waals surface area contributed by atoms with Gasteiger partial charge in [-0.25, -0.2) is 13.1 Å². The van der Waals surface area contributed by atoms with Gasteiger partial charge in [-0.05, 0) is 56.2 Å². The zero-order valence-electron chi connectivity index (χ0n) is 14.9. The molecule has 1 aliphatic heterocycles. The Morgan fingerprint density at radius 3 is 2.23 bits per heavy atom. The Kier molecular flexibility index (Phi) is 5.10. The first kappa shape index (κ1) is 18.9. The van der Waals surface area contributed by atoms with Crippen molar-refractivity contribution in [2.24, 2.45) is 0 Å². The van der Waals surface area contributed by atoms with E-state index < -0.39 is 16.1 Å². The smallest absolute Gasteiger partial charge is 0.241 e. The molecule has 0 saturated carbocycles. The normalized spacial score (nSPS) is 17.8. The van der Waals surface area contributed by atoms with Crippen LogP contribution < -0.4 is 9.62 Å². The third kappa shape index (κ3) is 3.77. The Morgan fingerprint density at radius 2 is 1.65 bits per heavy atom. The molecule has 2 aromatic carbocycles. The molecule has 0 radical (unpaired) electrons. The molecule has 1 saturated heterocycles. The molecular weight excluding hydrogens is 372 g/mol. The quantitative estimate of drug-likeness (QED) is 0.867. The predicted octanol–water partition coefficient (Wildman–Crippen LogP) is 3.35. The van der Waals surface area contributed by atoms with Crippen LogP contribution in [0.5, 0.6) is 0 Å². The van der Waals surface area contributed by atoms with E-state index in [1.807, 2.05) is 19.1 Å². The molecule has 1 fully saturated rings. The molecule has 1 N–H and O–H groups in total. The summed E-state index contributed by atoms with van der Waals surface area (Å²) < 4.78 is 28.5. The number of sulfonamides is 1. The van der Waals surface area contributed by atoms with Gasteiger partial charge in [-0.1, -0.05) is 29.3 Å². The molecule has 138 valence electrons. The summed E-state index contributed by atoms with van der Waals surface area (Å²) in [6, 6.07) is 10.2. The number of aryl methyl sites for hydroxylation is 3. The largest absolute Gasteiger partial charge is 0.311 e. The molecular formula is C19H21ClN2O3S. The average Bonchev–Trinajstić information content (AvgIpc) is 2.86. The summed E-state index contributed by atoms with van der Waals surface area (Å²) >= 11 is 5.88. The molecule has 1 amide bonds. The van der Waals surface area contributed by atoms with E-state index in [1.165, 1.54) is 0 Å². The van der Waals surface area contributed by atoms with Crippen LogP contribution in [0, 0.1) is 20.8 Å². The van der Waals surface area contributed by atoms with Crippen molar-refractivity contribution in [3.05, 3.63) is 58.1 Å². The van der Waals surface area contributed by atoms with Crippen LogP contribution in [-0.4, -0.2) is 26.9 Å². The molecule has 3 rings (SSSR count). The van der Waals surface area contributed by atoms with Crippen molar-refractivity contribution in [1.82, 2.24) is 4.72 Å². The first-order valence-electron chi connectivity index (χ1n) is 8.33. The van der Waals surface area contributed by atoms with Crippen molar-refractivity contribution in [1.29, 1.82) is 0 Å². The van der Waals surface area contributed by atoms with Gasteiger partial charge in [0.05, 0.1) is 4.90 Å². The second-order valence-corrected chi connectivity index (χ2v) is 8.82. The van der Waals surface area contributed by atoms with E-state index in [0.717, 1.165) is 5.56 Å². The van der Waals surface area contributed by atoms with Gasteiger partial charge in [-0.2, -0.15) is 0 Å². The van der Waals surface area contributed by atoms with Crippen LogP contribution in [0.3, 0.4) is 0 Å². The van der Waals surface area contributed by atoms with Crippen LogP contribution in [0.2, 0.25) is 5.02 Å². The van der Waals surface area contributed by atoms with E-state index in [1.54, 1.807) is 43.0 Å². The summed E-state index contributed by atoms with van der Waals surface area (Å²) in [5, 5.41) is 0.586.